The molecule has 118 valence electrons. The highest BCUT2D eigenvalue weighted by molar-refractivity contribution is 7.89. The molecule has 2 rings (SSSR count). The molecule has 1 aliphatic rings. The van der Waals surface area contributed by atoms with Gasteiger partial charge < -0.3 is 5.73 Å². The van der Waals surface area contributed by atoms with Crippen molar-refractivity contribution < 1.29 is 8.42 Å². The van der Waals surface area contributed by atoms with Crippen molar-refractivity contribution in [1.82, 2.24) is 4.72 Å². The summed E-state index contributed by atoms with van der Waals surface area (Å²) in [5, 5.41) is 0. The van der Waals surface area contributed by atoms with E-state index in [1.165, 1.54) is 6.42 Å². The van der Waals surface area contributed by atoms with Crippen LogP contribution in [0.2, 0.25) is 0 Å². The fourth-order valence-electron chi connectivity index (χ4n) is 3.18. The normalized spacial score (nSPS) is 23.2. The molecule has 1 aliphatic carbocycles. The van der Waals surface area contributed by atoms with Crippen LogP contribution in [0.4, 0.5) is 5.69 Å². The molecule has 1 aromatic carbocycles. The summed E-state index contributed by atoms with van der Waals surface area (Å²) in [5.41, 5.74) is 7.99. The second-order valence-electron chi connectivity index (χ2n) is 6.22. The van der Waals surface area contributed by atoms with Gasteiger partial charge in [0.2, 0.25) is 10.0 Å². The van der Waals surface area contributed by atoms with Gasteiger partial charge in [0.1, 0.15) is 0 Å². The third-order valence-electron chi connectivity index (χ3n) is 4.61. The molecule has 1 aromatic rings. The smallest absolute Gasteiger partial charge is 0.241 e. The van der Waals surface area contributed by atoms with Crippen LogP contribution in [0, 0.1) is 19.8 Å². The van der Waals surface area contributed by atoms with Crippen molar-refractivity contribution in [3.8, 4) is 0 Å². The zero-order valence-corrected chi connectivity index (χ0v) is 14.0. The van der Waals surface area contributed by atoms with Crippen LogP contribution in [0.5, 0.6) is 0 Å². The first kappa shape index (κ1) is 16.3. The standard InChI is InChI=1S/C16H26N2O2S/c1-4-13-6-5-7-15(9-13)18-21(19,20)16-10-14(17)8-11(2)12(16)3/h8,10,13,15,18H,4-7,9,17H2,1-3H3. The SMILES string of the molecule is CCC1CCCC(NS(=O)(=O)c2cc(N)cc(C)c2C)C1. The number of hydrogen-bond acceptors (Lipinski definition) is 3. The number of nitrogens with two attached hydrogens (primary N) is 1. The molecule has 4 nitrogen and oxygen atoms in total. The number of rotatable bonds is 4. The molecule has 0 radical (unpaired) electrons. The van der Waals surface area contributed by atoms with Crippen LogP contribution in [-0.4, -0.2) is 14.5 Å². The summed E-state index contributed by atoms with van der Waals surface area (Å²) in [4.78, 5) is 0.318. The summed E-state index contributed by atoms with van der Waals surface area (Å²) < 4.78 is 28.2. The maximum absolute atomic E-state index is 12.7. The van der Waals surface area contributed by atoms with E-state index in [4.69, 9.17) is 5.73 Å². The summed E-state index contributed by atoms with van der Waals surface area (Å²) in [6.45, 7) is 5.89. The van der Waals surface area contributed by atoms with Crippen molar-refractivity contribution in [1.29, 1.82) is 0 Å². The Balaban J connectivity index is 2.23. The van der Waals surface area contributed by atoms with Crippen LogP contribution >= 0.6 is 0 Å². The Labute approximate surface area is 128 Å². The lowest BCUT2D eigenvalue weighted by atomic mass is 9.85. The lowest BCUT2D eigenvalue weighted by Gasteiger charge is -2.29. The number of aryl methyl sites for hydroxylation is 1. The average molecular weight is 310 g/mol. The molecule has 0 aromatic heterocycles. The van der Waals surface area contributed by atoms with Crippen LogP contribution in [0.1, 0.15) is 50.2 Å². The van der Waals surface area contributed by atoms with E-state index in [1.807, 2.05) is 19.9 Å². The number of hydrogen-bond donors (Lipinski definition) is 2. The van der Waals surface area contributed by atoms with E-state index < -0.39 is 10.0 Å². The minimum absolute atomic E-state index is 0.0508. The van der Waals surface area contributed by atoms with Gasteiger partial charge in [-0.25, -0.2) is 13.1 Å². The summed E-state index contributed by atoms with van der Waals surface area (Å²) in [6, 6.07) is 3.42. The number of anilines is 1. The van der Waals surface area contributed by atoms with Gasteiger partial charge in [0, 0.05) is 11.7 Å². The van der Waals surface area contributed by atoms with E-state index in [9.17, 15) is 8.42 Å². The minimum Gasteiger partial charge on any atom is -0.399 e. The van der Waals surface area contributed by atoms with Crippen LogP contribution in [-0.2, 0) is 10.0 Å². The van der Waals surface area contributed by atoms with E-state index >= 15 is 0 Å². The Bertz CT molecular complexity index is 611. The van der Waals surface area contributed by atoms with Crippen molar-refractivity contribution in [2.75, 3.05) is 5.73 Å². The van der Waals surface area contributed by atoms with E-state index in [2.05, 4.69) is 11.6 Å². The predicted molar refractivity (Wildman–Crippen MR) is 86.7 cm³/mol. The molecule has 0 heterocycles. The summed E-state index contributed by atoms with van der Waals surface area (Å²) in [7, 11) is -3.50. The molecule has 0 aliphatic heterocycles. The van der Waals surface area contributed by atoms with Crippen LogP contribution in [0.3, 0.4) is 0 Å². The molecule has 2 atom stereocenters. The molecule has 3 N–H and O–H groups in total. The van der Waals surface area contributed by atoms with Gasteiger partial charge >= 0.3 is 0 Å². The van der Waals surface area contributed by atoms with E-state index in [-0.39, 0.29) is 6.04 Å². The lowest BCUT2D eigenvalue weighted by Crippen LogP contribution is -2.38. The third-order valence-corrected chi connectivity index (χ3v) is 6.26. The van der Waals surface area contributed by atoms with Gasteiger partial charge in [0.15, 0.2) is 0 Å². The number of nitrogen functional groups attached to an aromatic ring is 1. The van der Waals surface area contributed by atoms with E-state index in [0.717, 1.165) is 36.8 Å². The van der Waals surface area contributed by atoms with Gasteiger partial charge in [-0.3, -0.25) is 0 Å². The first-order valence-corrected chi connectivity index (χ1v) is 9.21. The molecule has 0 amide bonds. The Morgan fingerprint density at radius 1 is 1.29 bits per heavy atom. The number of nitrogens with one attached hydrogen (secondary N) is 1. The van der Waals surface area contributed by atoms with Gasteiger partial charge in [-0.2, -0.15) is 0 Å². The largest absolute Gasteiger partial charge is 0.399 e. The third kappa shape index (κ3) is 3.77. The molecule has 2 unspecified atom stereocenters. The highest BCUT2D eigenvalue weighted by Gasteiger charge is 2.27. The fourth-order valence-corrected chi connectivity index (χ4v) is 4.82. The molecule has 21 heavy (non-hydrogen) atoms. The zero-order valence-electron chi connectivity index (χ0n) is 13.1. The molecule has 0 spiro atoms. The summed E-state index contributed by atoms with van der Waals surface area (Å²) in [6.07, 6.45) is 5.30. The summed E-state index contributed by atoms with van der Waals surface area (Å²) in [5.74, 6) is 0.634. The molecule has 1 saturated carbocycles. The van der Waals surface area contributed by atoms with Crippen molar-refractivity contribution >= 4 is 15.7 Å². The molecule has 0 saturated heterocycles. The van der Waals surface area contributed by atoms with Crippen molar-refractivity contribution in [3.05, 3.63) is 23.3 Å². The molecular formula is C16H26N2O2S. The van der Waals surface area contributed by atoms with Crippen LogP contribution < -0.4 is 10.5 Å². The van der Waals surface area contributed by atoms with Gasteiger partial charge in [0.05, 0.1) is 4.90 Å². The number of benzene rings is 1. The topological polar surface area (TPSA) is 72.2 Å². The van der Waals surface area contributed by atoms with Crippen molar-refractivity contribution in [2.45, 2.75) is 63.8 Å². The second-order valence-corrected chi connectivity index (χ2v) is 7.90. The lowest BCUT2D eigenvalue weighted by molar-refractivity contribution is 0.301. The minimum atomic E-state index is -3.50. The highest BCUT2D eigenvalue weighted by atomic mass is 32.2. The van der Waals surface area contributed by atoms with Gasteiger partial charge in [-0.05, 0) is 55.9 Å². The highest BCUT2D eigenvalue weighted by Crippen LogP contribution is 2.28. The maximum atomic E-state index is 12.7. The zero-order chi connectivity index (χ0) is 15.6. The Kier molecular flexibility index (Phi) is 4.94. The fraction of sp³-hybridized carbons (Fsp3) is 0.625. The second kappa shape index (κ2) is 6.36. The van der Waals surface area contributed by atoms with Gasteiger partial charge in [-0.15, -0.1) is 0 Å². The monoisotopic (exact) mass is 310 g/mol. The van der Waals surface area contributed by atoms with Gasteiger partial charge in [-0.1, -0.05) is 26.2 Å². The molecular weight excluding hydrogens is 284 g/mol. The van der Waals surface area contributed by atoms with Crippen LogP contribution in [0.15, 0.2) is 17.0 Å². The quantitative estimate of drug-likeness (QED) is 0.839. The summed E-state index contributed by atoms with van der Waals surface area (Å²) >= 11 is 0. The molecule has 1 fully saturated rings. The van der Waals surface area contributed by atoms with Gasteiger partial charge in [0.25, 0.3) is 0 Å². The average Bonchev–Trinajstić information content (AvgIpc) is 2.42. The number of sulfonamides is 1. The Morgan fingerprint density at radius 2 is 2.00 bits per heavy atom. The first-order chi connectivity index (χ1) is 9.83. The molecule has 5 heteroatoms. The van der Waals surface area contributed by atoms with E-state index in [1.54, 1.807) is 6.07 Å². The van der Waals surface area contributed by atoms with Crippen LogP contribution in [0.25, 0.3) is 0 Å². The van der Waals surface area contributed by atoms with Crippen molar-refractivity contribution in [3.63, 3.8) is 0 Å². The Morgan fingerprint density at radius 3 is 2.67 bits per heavy atom. The predicted octanol–water partition coefficient (Wildman–Crippen LogP) is 3.13. The maximum Gasteiger partial charge on any atom is 0.241 e. The Hall–Kier alpha value is -1.07. The molecule has 0 bridgehead atoms. The van der Waals surface area contributed by atoms with E-state index in [0.29, 0.717) is 16.5 Å². The first-order valence-electron chi connectivity index (χ1n) is 7.72. The van der Waals surface area contributed by atoms with Crippen molar-refractivity contribution in [2.24, 2.45) is 5.92 Å².